The third-order valence-electron chi connectivity index (χ3n) is 1.25. The molecule has 0 heterocycles. The summed E-state index contributed by atoms with van der Waals surface area (Å²) >= 11 is 0. The van der Waals surface area contributed by atoms with E-state index in [-0.39, 0.29) is 6.04 Å². The molecule has 1 N–H and O–H groups in total. The Hall–Kier alpha value is -0.300. The summed E-state index contributed by atoms with van der Waals surface area (Å²) in [4.78, 5) is 0. The van der Waals surface area contributed by atoms with Gasteiger partial charge in [0.05, 0.1) is 0 Å². The van der Waals surface area contributed by atoms with Gasteiger partial charge in [0.2, 0.25) is 0 Å². The molecule has 0 aliphatic heterocycles. The highest BCUT2D eigenvalue weighted by Gasteiger charge is 2.00. The number of hydrogen-bond acceptors (Lipinski definition) is 0. The standard InChI is InChI=1S/C6H10N/c7-6-4-2-1-3-5-6/h2,4,6-7H,1,3,5H2. The molecule has 0 aromatic heterocycles. The van der Waals surface area contributed by atoms with Crippen molar-refractivity contribution in [1.82, 2.24) is 5.73 Å². The summed E-state index contributed by atoms with van der Waals surface area (Å²) in [6.07, 6.45) is 7.54. The van der Waals surface area contributed by atoms with Crippen molar-refractivity contribution in [3.05, 3.63) is 12.2 Å². The van der Waals surface area contributed by atoms with Gasteiger partial charge in [0, 0.05) is 6.04 Å². The fraction of sp³-hybridized carbons (Fsp3) is 0.667. The molecule has 39 valence electrons. The van der Waals surface area contributed by atoms with Gasteiger partial charge in [-0.3, -0.25) is 5.73 Å². The van der Waals surface area contributed by atoms with Gasteiger partial charge in [0.25, 0.3) is 0 Å². The monoisotopic (exact) mass is 96.1 g/mol. The molecule has 1 radical (unpaired) electrons. The third kappa shape index (κ3) is 1.32. The predicted octanol–water partition coefficient (Wildman–Crippen LogP) is 1.38. The normalized spacial score (nSPS) is 30.7. The Morgan fingerprint density at radius 1 is 1.57 bits per heavy atom. The third-order valence-corrected chi connectivity index (χ3v) is 1.25. The molecule has 1 atom stereocenters. The van der Waals surface area contributed by atoms with E-state index in [1.54, 1.807) is 0 Å². The van der Waals surface area contributed by atoms with Crippen molar-refractivity contribution in [3.8, 4) is 0 Å². The van der Waals surface area contributed by atoms with Crippen LogP contribution in [-0.4, -0.2) is 6.04 Å². The van der Waals surface area contributed by atoms with Gasteiger partial charge in [0.15, 0.2) is 0 Å². The SMILES string of the molecule is [NH]C1C=CCCC1. The van der Waals surface area contributed by atoms with Gasteiger partial charge >= 0.3 is 0 Å². The highest BCUT2D eigenvalue weighted by molar-refractivity contribution is 4.94. The Morgan fingerprint density at radius 3 is 2.71 bits per heavy atom. The summed E-state index contributed by atoms with van der Waals surface area (Å²) in [6.45, 7) is 0. The molecule has 7 heavy (non-hydrogen) atoms. The zero-order valence-electron chi connectivity index (χ0n) is 4.35. The summed E-state index contributed by atoms with van der Waals surface area (Å²) in [5.74, 6) is 0. The van der Waals surface area contributed by atoms with Crippen LogP contribution in [0, 0.1) is 0 Å². The molecule has 1 nitrogen and oxygen atoms in total. The van der Waals surface area contributed by atoms with Crippen LogP contribution in [-0.2, 0) is 0 Å². The Kier molecular flexibility index (Phi) is 1.47. The average Bonchev–Trinajstić information content (AvgIpc) is 1.69. The Balaban J connectivity index is 2.36. The Morgan fingerprint density at radius 2 is 2.43 bits per heavy atom. The summed E-state index contributed by atoms with van der Waals surface area (Å²) < 4.78 is 0. The fourth-order valence-electron chi connectivity index (χ4n) is 0.812. The second-order valence-corrected chi connectivity index (χ2v) is 1.97. The van der Waals surface area contributed by atoms with Gasteiger partial charge in [-0.25, -0.2) is 0 Å². The maximum atomic E-state index is 7.19. The van der Waals surface area contributed by atoms with Gasteiger partial charge in [-0.05, 0) is 19.3 Å². The largest absolute Gasteiger partial charge is 0.250 e. The summed E-state index contributed by atoms with van der Waals surface area (Å²) in [6, 6.07) is 0.105. The first-order valence-corrected chi connectivity index (χ1v) is 2.77. The molecule has 0 saturated heterocycles. The Bertz CT molecular complexity index is 76.2. The average molecular weight is 96.2 g/mol. The van der Waals surface area contributed by atoms with Crippen molar-refractivity contribution < 1.29 is 0 Å². The second-order valence-electron chi connectivity index (χ2n) is 1.97. The summed E-state index contributed by atoms with van der Waals surface area (Å²) in [5.41, 5.74) is 7.19. The van der Waals surface area contributed by atoms with E-state index in [0.717, 1.165) is 6.42 Å². The van der Waals surface area contributed by atoms with Crippen LogP contribution in [0.15, 0.2) is 12.2 Å². The number of nitrogens with one attached hydrogen (secondary N) is 1. The minimum absolute atomic E-state index is 0.105. The molecule has 1 rings (SSSR count). The first kappa shape index (κ1) is 4.85. The first-order chi connectivity index (χ1) is 3.39. The maximum absolute atomic E-state index is 7.19. The van der Waals surface area contributed by atoms with Gasteiger partial charge in [-0.2, -0.15) is 0 Å². The molecule has 0 saturated carbocycles. The van der Waals surface area contributed by atoms with Crippen molar-refractivity contribution in [2.24, 2.45) is 0 Å². The first-order valence-electron chi connectivity index (χ1n) is 2.77. The van der Waals surface area contributed by atoms with Crippen LogP contribution in [0.2, 0.25) is 0 Å². The van der Waals surface area contributed by atoms with E-state index in [2.05, 4.69) is 6.08 Å². The molecule has 0 fully saturated rings. The highest BCUT2D eigenvalue weighted by Crippen LogP contribution is 2.07. The van der Waals surface area contributed by atoms with E-state index in [4.69, 9.17) is 5.73 Å². The highest BCUT2D eigenvalue weighted by atomic mass is 14.6. The molecule has 0 amide bonds. The van der Waals surface area contributed by atoms with Gasteiger partial charge in [-0.15, -0.1) is 0 Å². The summed E-state index contributed by atoms with van der Waals surface area (Å²) in [5, 5.41) is 0. The lowest BCUT2D eigenvalue weighted by Crippen LogP contribution is -2.06. The molecule has 0 spiro atoms. The zero-order valence-corrected chi connectivity index (χ0v) is 4.35. The molecule has 0 aromatic carbocycles. The zero-order chi connectivity index (χ0) is 5.11. The minimum atomic E-state index is 0.105. The van der Waals surface area contributed by atoms with Gasteiger partial charge in [0.1, 0.15) is 0 Å². The molecule has 0 aromatic rings. The van der Waals surface area contributed by atoms with Crippen molar-refractivity contribution in [3.63, 3.8) is 0 Å². The van der Waals surface area contributed by atoms with Crippen LogP contribution in [0.1, 0.15) is 19.3 Å². The molecule has 1 heteroatoms. The maximum Gasteiger partial charge on any atom is 0.0393 e. The van der Waals surface area contributed by atoms with Crippen molar-refractivity contribution in [2.75, 3.05) is 0 Å². The second kappa shape index (κ2) is 2.12. The molecule has 1 aliphatic rings. The van der Waals surface area contributed by atoms with Crippen LogP contribution in [0.25, 0.3) is 0 Å². The topological polar surface area (TPSA) is 23.8 Å². The molecular weight excluding hydrogens is 86.1 g/mol. The lowest BCUT2D eigenvalue weighted by molar-refractivity contribution is 0.632. The van der Waals surface area contributed by atoms with Crippen molar-refractivity contribution in [2.45, 2.75) is 25.3 Å². The van der Waals surface area contributed by atoms with E-state index in [1.807, 2.05) is 6.08 Å². The summed E-state index contributed by atoms with van der Waals surface area (Å²) in [7, 11) is 0. The van der Waals surface area contributed by atoms with Crippen LogP contribution in [0.3, 0.4) is 0 Å². The number of rotatable bonds is 0. The van der Waals surface area contributed by atoms with Crippen molar-refractivity contribution >= 4 is 0 Å². The predicted molar refractivity (Wildman–Crippen MR) is 29.9 cm³/mol. The quantitative estimate of drug-likeness (QED) is 0.407. The van der Waals surface area contributed by atoms with Crippen LogP contribution >= 0.6 is 0 Å². The molecule has 1 aliphatic carbocycles. The van der Waals surface area contributed by atoms with Crippen LogP contribution in [0.5, 0.6) is 0 Å². The Labute approximate surface area is 44.2 Å². The van der Waals surface area contributed by atoms with E-state index in [1.165, 1.54) is 12.8 Å². The molecular formula is C6H10N. The molecule has 0 bridgehead atoms. The van der Waals surface area contributed by atoms with E-state index < -0.39 is 0 Å². The number of allylic oxidation sites excluding steroid dienone is 1. The van der Waals surface area contributed by atoms with Gasteiger partial charge < -0.3 is 0 Å². The van der Waals surface area contributed by atoms with Gasteiger partial charge in [-0.1, -0.05) is 12.2 Å². The van der Waals surface area contributed by atoms with Crippen LogP contribution in [0.4, 0.5) is 0 Å². The van der Waals surface area contributed by atoms with E-state index >= 15 is 0 Å². The smallest absolute Gasteiger partial charge is 0.0393 e. The number of hydrogen-bond donors (Lipinski definition) is 0. The lowest BCUT2D eigenvalue weighted by Gasteiger charge is -2.07. The van der Waals surface area contributed by atoms with E-state index in [0.29, 0.717) is 0 Å². The van der Waals surface area contributed by atoms with E-state index in [9.17, 15) is 0 Å². The minimum Gasteiger partial charge on any atom is -0.250 e. The molecule has 1 unspecified atom stereocenters. The van der Waals surface area contributed by atoms with Crippen molar-refractivity contribution in [1.29, 1.82) is 0 Å². The fourth-order valence-corrected chi connectivity index (χ4v) is 0.812. The van der Waals surface area contributed by atoms with Crippen LogP contribution < -0.4 is 5.73 Å². The lowest BCUT2D eigenvalue weighted by atomic mass is 10.0.